The maximum atomic E-state index is 11.4. The highest BCUT2D eigenvalue weighted by molar-refractivity contribution is 6.31. The quantitative estimate of drug-likeness (QED) is 0.667. The number of benzene rings is 2. The molecule has 1 N–H and O–H groups in total. The van der Waals surface area contributed by atoms with E-state index in [2.05, 4.69) is 0 Å². The lowest BCUT2D eigenvalue weighted by atomic mass is 10.1. The molecule has 0 radical (unpaired) electrons. The van der Waals surface area contributed by atoms with Crippen LogP contribution in [0.15, 0.2) is 18.2 Å². The van der Waals surface area contributed by atoms with Gasteiger partial charge in [0.1, 0.15) is 0 Å². The number of esters is 1. The Kier molecular flexibility index (Phi) is 4.98. The van der Waals surface area contributed by atoms with Crippen LogP contribution in [0.25, 0.3) is 10.8 Å². The minimum atomic E-state index is -0.495. The smallest absolute Gasteiger partial charge is 0.308 e. The Labute approximate surface area is 133 Å². The molecule has 0 amide bonds. The molecule has 0 fully saturated rings. The van der Waals surface area contributed by atoms with Crippen LogP contribution in [0.2, 0.25) is 5.02 Å². The molecule has 0 heterocycles. The van der Waals surface area contributed by atoms with E-state index in [0.717, 1.165) is 0 Å². The summed E-state index contributed by atoms with van der Waals surface area (Å²) in [7, 11) is 0. The zero-order valence-corrected chi connectivity index (χ0v) is 13.4. The molecule has 2 rings (SSSR count). The standard InChI is InChI=1S/C16H17ClO5/c1-4-20-15-13(19)12-8-10(17)6-7-11(12)14(22-9(3)18)16(15)21-5-2/h6-8,19H,4-5H2,1-3H3. The summed E-state index contributed by atoms with van der Waals surface area (Å²) in [4.78, 5) is 11.4. The van der Waals surface area contributed by atoms with Gasteiger partial charge in [-0.2, -0.15) is 0 Å². The molecular weight excluding hydrogens is 308 g/mol. The number of aromatic hydroxyl groups is 1. The van der Waals surface area contributed by atoms with Crippen LogP contribution in [0.5, 0.6) is 23.0 Å². The van der Waals surface area contributed by atoms with E-state index >= 15 is 0 Å². The van der Waals surface area contributed by atoms with Gasteiger partial charge in [-0.25, -0.2) is 0 Å². The predicted octanol–water partition coefficient (Wildman–Crippen LogP) is 3.92. The van der Waals surface area contributed by atoms with Crippen molar-refractivity contribution in [3.05, 3.63) is 23.2 Å². The molecule has 0 saturated carbocycles. The van der Waals surface area contributed by atoms with Crippen molar-refractivity contribution in [2.24, 2.45) is 0 Å². The number of carbonyl (C=O) groups is 1. The van der Waals surface area contributed by atoms with E-state index in [4.69, 9.17) is 25.8 Å². The largest absolute Gasteiger partial charge is 0.504 e. The summed E-state index contributed by atoms with van der Waals surface area (Å²) >= 11 is 5.99. The fraction of sp³-hybridized carbons (Fsp3) is 0.312. The average Bonchev–Trinajstić information content (AvgIpc) is 2.47. The Bertz CT molecular complexity index is 711. The predicted molar refractivity (Wildman–Crippen MR) is 84.3 cm³/mol. The number of hydrogen-bond donors (Lipinski definition) is 1. The molecule has 0 bridgehead atoms. The van der Waals surface area contributed by atoms with Crippen LogP contribution in [0.3, 0.4) is 0 Å². The Morgan fingerprint density at radius 3 is 2.32 bits per heavy atom. The number of phenols is 1. The van der Waals surface area contributed by atoms with Crippen molar-refractivity contribution in [3.8, 4) is 23.0 Å². The van der Waals surface area contributed by atoms with E-state index < -0.39 is 5.97 Å². The highest BCUT2D eigenvalue weighted by Gasteiger charge is 2.24. The normalized spacial score (nSPS) is 10.5. The first-order valence-electron chi connectivity index (χ1n) is 6.91. The summed E-state index contributed by atoms with van der Waals surface area (Å²) in [5.41, 5.74) is 0. The summed E-state index contributed by atoms with van der Waals surface area (Å²) < 4.78 is 16.3. The van der Waals surface area contributed by atoms with Crippen molar-refractivity contribution in [2.75, 3.05) is 13.2 Å². The molecule has 2 aromatic carbocycles. The Morgan fingerprint density at radius 2 is 1.73 bits per heavy atom. The molecule has 6 heteroatoms. The monoisotopic (exact) mass is 324 g/mol. The van der Waals surface area contributed by atoms with Gasteiger partial charge in [0.15, 0.2) is 11.5 Å². The van der Waals surface area contributed by atoms with E-state index in [0.29, 0.717) is 29.0 Å². The van der Waals surface area contributed by atoms with Crippen LogP contribution in [0.1, 0.15) is 20.8 Å². The van der Waals surface area contributed by atoms with Crippen molar-refractivity contribution in [2.45, 2.75) is 20.8 Å². The summed E-state index contributed by atoms with van der Waals surface area (Å²) in [5.74, 6) is -0.0476. The van der Waals surface area contributed by atoms with E-state index in [1.807, 2.05) is 0 Å². The van der Waals surface area contributed by atoms with Crippen molar-refractivity contribution in [1.82, 2.24) is 0 Å². The van der Waals surface area contributed by atoms with Crippen molar-refractivity contribution < 1.29 is 24.1 Å². The molecule has 0 saturated heterocycles. The lowest BCUT2D eigenvalue weighted by Crippen LogP contribution is -2.07. The van der Waals surface area contributed by atoms with Crippen LogP contribution in [-0.4, -0.2) is 24.3 Å². The third kappa shape index (κ3) is 3.04. The number of hydrogen-bond acceptors (Lipinski definition) is 5. The first-order valence-corrected chi connectivity index (χ1v) is 7.29. The van der Waals surface area contributed by atoms with Gasteiger partial charge in [0.2, 0.25) is 11.5 Å². The van der Waals surface area contributed by atoms with Crippen LogP contribution >= 0.6 is 11.6 Å². The minimum Gasteiger partial charge on any atom is -0.504 e. The van der Waals surface area contributed by atoms with Crippen LogP contribution in [0, 0.1) is 0 Å². The van der Waals surface area contributed by atoms with E-state index in [1.165, 1.54) is 6.92 Å². The van der Waals surface area contributed by atoms with Gasteiger partial charge in [-0.1, -0.05) is 11.6 Å². The van der Waals surface area contributed by atoms with Gasteiger partial charge in [-0.3, -0.25) is 4.79 Å². The van der Waals surface area contributed by atoms with Gasteiger partial charge < -0.3 is 19.3 Å². The number of halogens is 1. The van der Waals surface area contributed by atoms with Gasteiger partial charge in [-0.05, 0) is 32.0 Å². The van der Waals surface area contributed by atoms with Gasteiger partial charge in [0.05, 0.1) is 13.2 Å². The van der Waals surface area contributed by atoms with Crippen LogP contribution < -0.4 is 14.2 Å². The van der Waals surface area contributed by atoms with Gasteiger partial charge in [0.25, 0.3) is 0 Å². The Balaban J connectivity index is 2.85. The molecule has 0 aliphatic carbocycles. The molecule has 0 unspecified atom stereocenters. The molecule has 0 aromatic heterocycles. The number of rotatable bonds is 5. The molecule has 22 heavy (non-hydrogen) atoms. The second-order valence-corrected chi connectivity index (χ2v) is 4.92. The first kappa shape index (κ1) is 16.2. The third-order valence-electron chi connectivity index (χ3n) is 2.93. The molecule has 0 spiro atoms. The third-order valence-corrected chi connectivity index (χ3v) is 3.17. The van der Waals surface area contributed by atoms with Gasteiger partial charge in [-0.15, -0.1) is 0 Å². The molecule has 118 valence electrons. The fourth-order valence-corrected chi connectivity index (χ4v) is 2.34. The molecule has 0 aliphatic heterocycles. The summed E-state index contributed by atoms with van der Waals surface area (Å²) in [6.07, 6.45) is 0. The average molecular weight is 325 g/mol. The number of fused-ring (bicyclic) bond motifs is 1. The van der Waals surface area contributed by atoms with Crippen LogP contribution in [-0.2, 0) is 4.79 Å². The minimum absolute atomic E-state index is 0.0984. The zero-order valence-electron chi connectivity index (χ0n) is 12.6. The van der Waals surface area contributed by atoms with Crippen LogP contribution in [0.4, 0.5) is 0 Å². The first-order chi connectivity index (χ1) is 10.5. The van der Waals surface area contributed by atoms with Crippen molar-refractivity contribution in [3.63, 3.8) is 0 Å². The molecule has 5 nitrogen and oxygen atoms in total. The lowest BCUT2D eigenvalue weighted by molar-refractivity contribution is -0.131. The number of ether oxygens (including phenoxy) is 3. The van der Waals surface area contributed by atoms with E-state index in [9.17, 15) is 9.90 Å². The molecular formula is C16H17ClO5. The van der Waals surface area contributed by atoms with E-state index in [1.54, 1.807) is 32.0 Å². The summed E-state index contributed by atoms with van der Waals surface area (Å²) in [6.45, 7) is 5.51. The molecule has 0 atom stereocenters. The molecule has 2 aromatic rings. The maximum Gasteiger partial charge on any atom is 0.308 e. The summed E-state index contributed by atoms with van der Waals surface area (Å²) in [5, 5.41) is 11.9. The van der Waals surface area contributed by atoms with Gasteiger partial charge >= 0.3 is 5.97 Å². The number of phenolic OH excluding ortho intramolecular Hbond substituents is 1. The van der Waals surface area contributed by atoms with Crippen molar-refractivity contribution >= 4 is 28.3 Å². The topological polar surface area (TPSA) is 65.0 Å². The highest BCUT2D eigenvalue weighted by atomic mass is 35.5. The highest BCUT2D eigenvalue weighted by Crippen LogP contribution is 2.51. The fourth-order valence-electron chi connectivity index (χ4n) is 2.16. The molecule has 0 aliphatic rings. The zero-order chi connectivity index (χ0) is 16.3. The Morgan fingerprint density at radius 1 is 1.09 bits per heavy atom. The van der Waals surface area contributed by atoms with Gasteiger partial charge in [0, 0.05) is 22.7 Å². The van der Waals surface area contributed by atoms with E-state index in [-0.39, 0.29) is 23.0 Å². The SMILES string of the molecule is CCOc1c(OCC)c(OC(C)=O)c2ccc(Cl)cc2c1O. The number of carbonyl (C=O) groups excluding carboxylic acids is 1. The Hall–Kier alpha value is -2.14. The second kappa shape index (κ2) is 6.75. The summed E-state index contributed by atoms with van der Waals surface area (Å²) in [6, 6.07) is 4.89. The second-order valence-electron chi connectivity index (χ2n) is 4.49. The lowest BCUT2D eigenvalue weighted by Gasteiger charge is -2.18. The van der Waals surface area contributed by atoms with Crippen molar-refractivity contribution in [1.29, 1.82) is 0 Å². The maximum absolute atomic E-state index is 11.4.